The quantitative estimate of drug-likeness (QED) is 0.680. The Bertz CT molecular complexity index is 603. The minimum absolute atomic E-state index is 0.0541. The van der Waals surface area contributed by atoms with Gasteiger partial charge in [-0.05, 0) is 29.7 Å². The van der Waals surface area contributed by atoms with Crippen molar-refractivity contribution >= 4 is 33.3 Å². The van der Waals surface area contributed by atoms with Crippen LogP contribution in [0.4, 0.5) is 0 Å². The third-order valence-electron chi connectivity index (χ3n) is 3.01. The van der Waals surface area contributed by atoms with Crippen LogP contribution in [-0.2, 0) is 0 Å². The van der Waals surface area contributed by atoms with Gasteiger partial charge in [-0.25, -0.2) is 0 Å². The molecule has 0 N–H and O–H groups in total. The molecule has 0 bridgehead atoms. The molecule has 0 atom stereocenters. The first kappa shape index (κ1) is 14.3. The molecule has 1 nitrogen and oxygen atoms in total. The standard InChI is InChI=1S/C16H14BrClO/c1-10(2)11-3-5-12(6-4-11)16(19)14-9-13(17)7-8-15(14)18/h3-10H,1-2H3. The second-order valence-electron chi connectivity index (χ2n) is 4.73. The Morgan fingerprint density at radius 3 is 2.32 bits per heavy atom. The lowest BCUT2D eigenvalue weighted by atomic mass is 9.98. The molecule has 0 radical (unpaired) electrons. The van der Waals surface area contributed by atoms with Gasteiger partial charge in [0.05, 0.1) is 5.02 Å². The van der Waals surface area contributed by atoms with Crippen molar-refractivity contribution in [3.63, 3.8) is 0 Å². The fraction of sp³-hybridized carbons (Fsp3) is 0.188. The van der Waals surface area contributed by atoms with E-state index >= 15 is 0 Å². The van der Waals surface area contributed by atoms with E-state index in [1.54, 1.807) is 12.1 Å². The number of hydrogen-bond donors (Lipinski definition) is 0. The fourth-order valence-corrected chi connectivity index (χ4v) is 2.41. The summed E-state index contributed by atoms with van der Waals surface area (Å²) in [6.45, 7) is 4.25. The van der Waals surface area contributed by atoms with E-state index in [0.717, 1.165) is 4.47 Å². The van der Waals surface area contributed by atoms with E-state index in [4.69, 9.17) is 11.6 Å². The summed E-state index contributed by atoms with van der Waals surface area (Å²) in [5.41, 5.74) is 2.40. The van der Waals surface area contributed by atoms with Crippen LogP contribution >= 0.6 is 27.5 Å². The molecule has 0 heterocycles. The number of ketones is 1. The second-order valence-corrected chi connectivity index (χ2v) is 6.05. The molecule has 0 fully saturated rings. The number of rotatable bonds is 3. The third kappa shape index (κ3) is 3.26. The minimum atomic E-state index is -0.0541. The summed E-state index contributed by atoms with van der Waals surface area (Å²) in [7, 11) is 0. The summed E-state index contributed by atoms with van der Waals surface area (Å²) in [5.74, 6) is 0.403. The van der Waals surface area contributed by atoms with Crippen molar-refractivity contribution in [2.75, 3.05) is 0 Å². The molecule has 0 amide bonds. The van der Waals surface area contributed by atoms with Gasteiger partial charge in [-0.1, -0.05) is 65.6 Å². The van der Waals surface area contributed by atoms with Crippen LogP contribution in [0, 0.1) is 0 Å². The van der Waals surface area contributed by atoms with Crippen LogP contribution in [0.15, 0.2) is 46.9 Å². The topological polar surface area (TPSA) is 17.1 Å². The molecule has 0 aliphatic heterocycles. The van der Waals surface area contributed by atoms with E-state index in [1.165, 1.54) is 5.56 Å². The summed E-state index contributed by atoms with van der Waals surface area (Å²) in [6, 6.07) is 13.0. The molecule has 0 unspecified atom stereocenters. The fourth-order valence-electron chi connectivity index (χ4n) is 1.85. The highest BCUT2D eigenvalue weighted by Gasteiger charge is 2.13. The first-order valence-corrected chi connectivity index (χ1v) is 7.26. The molecule has 0 saturated carbocycles. The van der Waals surface area contributed by atoms with Gasteiger partial charge in [-0.15, -0.1) is 0 Å². The SMILES string of the molecule is CC(C)c1ccc(C(=O)c2cc(Br)ccc2Cl)cc1. The van der Waals surface area contributed by atoms with Crippen molar-refractivity contribution in [3.8, 4) is 0 Å². The molecule has 0 aromatic heterocycles. The van der Waals surface area contributed by atoms with Gasteiger partial charge in [0.1, 0.15) is 0 Å². The maximum Gasteiger partial charge on any atom is 0.194 e. The van der Waals surface area contributed by atoms with E-state index in [1.807, 2.05) is 30.3 Å². The lowest BCUT2D eigenvalue weighted by Gasteiger charge is -2.07. The summed E-state index contributed by atoms with van der Waals surface area (Å²) < 4.78 is 0.846. The first-order chi connectivity index (χ1) is 8.99. The van der Waals surface area contributed by atoms with Gasteiger partial charge < -0.3 is 0 Å². The molecule has 2 aromatic carbocycles. The summed E-state index contributed by atoms with van der Waals surface area (Å²) in [4.78, 5) is 12.4. The zero-order valence-electron chi connectivity index (χ0n) is 10.8. The molecule has 2 rings (SSSR count). The highest BCUT2D eigenvalue weighted by Crippen LogP contribution is 2.24. The maximum atomic E-state index is 12.4. The third-order valence-corrected chi connectivity index (χ3v) is 3.84. The molecule has 0 aliphatic rings. The van der Waals surface area contributed by atoms with Crippen molar-refractivity contribution < 1.29 is 4.79 Å². The van der Waals surface area contributed by atoms with E-state index in [2.05, 4.69) is 29.8 Å². The molecule has 0 aliphatic carbocycles. The molecular formula is C16H14BrClO. The Balaban J connectivity index is 2.36. The van der Waals surface area contributed by atoms with Crippen molar-refractivity contribution in [1.29, 1.82) is 0 Å². The summed E-state index contributed by atoms with van der Waals surface area (Å²) >= 11 is 9.44. The van der Waals surface area contributed by atoms with Gasteiger partial charge in [0, 0.05) is 15.6 Å². The smallest absolute Gasteiger partial charge is 0.194 e. The molecule has 0 spiro atoms. The van der Waals surface area contributed by atoms with E-state index in [0.29, 0.717) is 22.1 Å². The van der Waals surface area contributed by atoms with Crippen LogP contribution in [0.25, 0.3) is 0 Å². The zero-order valence-corrected chi connectivity index (χ0v) is 13.1. The number of carbonyl (C=O) groups excluding carboxylic acids is 1. The highest BCUT2D eigenvalue weighted by atomic mass is 79.9. The Morgan fingerprint density at radius 1 is 1.11 bits per heavy atom. The van der Waals surface area contributed by atoms with Crippen molar-refractivity contribution in [2.24, 2.45) is 0 Å². The lowest BCUT2D eigenvalue weighted by Crippen LogP contribution is -2.02. The van der Waals surface area contributed by atoms with Gasteiger partial charge in [0.2, 0.25) is 0 Å². The summed E-state index contributed by atoms with van der Waals surface area (Å²) in [6.07, 6.45) is 0. The lowest BCUT2D eigenvalue weighted by molar-refractivity contribution is 0.103. The largest absolute Gasteiger partial charge is 0.289 e. The van der Waals surface area contributed by atoms with Gasteiger partial charge in [0.15, 0.2) is 5.78 Å². The first-order valence-electron chi connectivity index (χ1n) is 6.08. The number of halogens is 2. The van der Waals surface area contributed by atoms with Gasteiger partial charge in [-0.2, -0.15) is 0 Å². The predicted molar refractivity (Wildman–Crippen MR) is 83.1 cm³/mol. The minimum Gasteiger partial charge on any atom is -0.289 e. The number of hydrogen-bond acceptors (Lipinski definition) is 1. The van der Waals surface area contributed by atoms with E-state index < -0.39 is 0 Å². The van der Waals surface area contributed by atoms with Crippen molar-refractivity contribution in [2.45, 2.75) is 19.8 Å². The maximum absolute atomic E-state index is 12.4. The predicted octanol–water partition coefficient (Wildman–Crippen LogP) is 5.46. The summed E-state index contributed by atoms with van der Waals surface area (Å²) in [5, 5.41) is 0.473. The van der Waals surface area contributed by atoms with E-state index in [-0.39, 0.29) is 5.78 Å². The van der Waals surface area contributed by atoms with Gasteiger partial charge in [-0.3, -0.25) is 4.79 Å². The molecule has 2 aromatic rings. The van der Waals surface area contributed by atoms with Gasteiger partial charge in [0.25, 0.3) is 0 Å². The van der Waals surface area contributed by atoms with Crippen molar-refractivity contribution in [3.05, 3.63) is 68.7 Å². The molecule has 3 heteroatoms. The Hall–Kier alpha value is -1.12. The molecule has 0 saturated heterocycles. The zero-order chi connectivity index (χ0) is 14.0. The van der Waals surface area contributed by atoms with Crippen LogP contribution < -0.4 is 0 Å². The highest BCUT2D eigenvalue weighted by molar-refractivity contribution is 9.10. The average molecular weight is 338 g/mol. The van der Waals surface area contributed by atoms with E-state index in [9.17, 15) is 4.79 Å². The number of carbonyl (C=O) groups is 1. The average Bonchev–Trinajstić information content (AvgIpc) is 2.41. The van der Waals surface area contributed by atoms with Gasteiger partial charge >= 0.3 is 0 Å². The second kappa shape index (κ2) is 5.89. The van der Waals surface area contributed by atoms with Crippen LogP contribution in [0.3, 0.4) is 0 Å². The van der Waals surface area contributed by atoms with Crippen LogP contribution in [0.5, 0.6) is 0 Å². The van der Waals surface area contributed by atoms with Crippen LogP contribution in [0.1, 0.15) is 41.3 Å². The number of benzene rings is 2. The van der Waals surface area contributed by atoms with Crippen LogP contribution in [0.2, 0.25) is 5.02 Å². The normalized spacial score (nSPS) is 10.8. The Labute approximate surface area is 126 Å². The Kier molecular flexibility index (Phi) is 4.43. The van der Waals surface area contributed by atoms with Crippen LogP contribution in [-0.4, -0.2) is 5.78 Å². The molecule has 98 valence electrons. The Morgan fingerprint density at radius 2 is 1.74 bits per heavy atom. The monoisotopic (exact) mass is 336 g/mol. The van der Waals surface area contributed by atoms with Crippen molar-refractivity contribution in [1.82, 2.24) is 0 Å². The molecular weight excluding hydrogens is 324 g/mol. The molecule has 19 heavy (non-hydrogen) atoms.